The Labute approximate surface area is 208 Å². The smallest absolute Gasteiger partial charge is 0.268 e. The maximum atomic E-state index is 14.0. The predicted octanol–water partition coefficient (Wildman–Crippen LogP) is 6.32. The average molecular weight is 497 g/mol. The zero-order valence-corrected chi connectivity index (χ0v) is 22.0. The molecule has 0 radical (unpaired) electrons. The molecule has 180 valence electrons. The zero-order chi connectivity index (χ0) is 23.9. The summed E-state index contributed by atoms with van der Waals surface area (Å²) in [5, 5.41) is 10.7. The van der Waals surface area contributed by atoms with Crippen LogP contribution in [0.4, 0.5) is 0 Å². The molecule has 0 aliphatic carbocycles. The number of aryl methyl sites for hydroxylation is 1. The van der Waals surface area contributed by atoms with Gasteiger partial charge < -0.3 is 4.74 Å². The summed E-state index contributed by atoms with van der Waals surface area (Å²) in [6.07, 6.45) is 6.94. The van der Waals surface area contributed by atoms with Crippen LogP contribution in [-0.4, -0.2) is 30.5 Å². The largest absolute Gasteiger partial charge is 0.370 e. The van der Waals surface area contributed by atoms with Crippen molar-refractivity contribution in [3.63, 3.8) is 0 Å². The molecule has 6 nitrogen and oxygen atoms in total. The third-order valence-corrected chi connectivity index (χ3v) is 8.68. The predicted molar refractivity (Wildman–Crippen MR) is 141 cm³/mol. The van der Waals surface area contributed by atoms with Crippen LogP contribution in [0.2, 0.25) is 0 Å². The minimum atomic E-state index is -0.291. The quantitative estimate of drug-likeness (QED) is 0.211. The fraction of sp³-hybridized carbons (Fsp3) is 0.500. The molecule has 0 saturated carbocycles. The van der Waals surface area contributed by atoms with Crippen molar-refractivity contribution < 1.29 is 4.74 Å². The SMILES string of the molecule is CCCCCCCSc1nnc2n(-c3ccc(C)cc3)c(=O)c3c4c(sc3n12)COC(C)(C)C4. The van der Waals surface area contributed by atoms with Gasteiger partial charge in [0.2, 0.25) is 5.78 Å². The fourth-order valence-corrected chi connectivity index (χ4v) is 6.80. The number of thiophene rings is 1. The molecular weight excluding hydrogens is 464 g/mol. The second-order valence-corrected chi connectivity index (χ2v) is 11.9. The highest BCUT2D eigenvalue weighted by molar-refractivity contribution is 7.99. The summed E-state index contributed by atoms with van der Waals surface area (Å²) in [6, 6.07) is 8.04. The highest BCUT2D eigenvalue weighted by atomic mass is 32.2. The summed E-state index contributed by atoms with van der Waals surface area (Å²) in [6.45, 7) is 9.01. The van der Waals surface area contributed by atoms with E-state index in [1.165, 1.54) is 25.7 Å². The van der Waals surface area contributed by atoms with Crippen LogP contribution in [0, 0.1) is 6.92 Å². The van der Waals surface area contributed by atoms with Gasteiger partial charge in [0.1, 0.15) is 4.83 Å². The lowest BCUT2D eigenvalue weighted by atomic mass is 9.94. The highest BCUT2D eigenvalue weighted by Gasteiger charge is 2.32. The minimum absolute atomic E-state index is 0.0231. The van der Waals surface area contributed by atoms with E-state index < -0.39 is 0 Å². The molecule has 1 aliphatic rings. The van der Waals surface area contributed by atoms with Crippen LogP contribution in [0.3, 0.4) is 0 Å². The fourth-order valence-electron chi connectivity index (χ4n) is 4.59. The molecule has 8 heteroatoms. The Morgan fingerprint density at radius 1 is 1.12 bits per heavy atom. The molecule has 0 bridgehead atoms. The molecule has 1 aliphatic heterocycles. The summed E-state index contributed by atoms with van der Waals surface area (Å²) < 4.78 is 9.91. The van der Waals surface area contributed by atoms with Gasteiger partial charge in [0.05, 0.1) is 23.3 Å². The lowest BCUT2D eigenvalue weighted by Crippen LogP contribution is -2.32. The van der Waals surface area contributed by atoms with Crippen LogP contribution in [-0.2, 0) is 17.8 Å². The van der Waals surface area contributed by atoms with E-state index in [2.05, 4.69) is 42.3 Å². The lowest BCUT2D eigenvalue weighted by Gasteiger charge is -2.29. The third-order valence-electron chi connectivity index (χ3n) is 6.48. The molecule has 3 aromatic heterocycles. The van der Waals surface area contributed by atoms with Crippen LogP contribution in [0.15, 0.2) is 34.2 Å². The van der Waals surface area contributed by atoms with E-state index in [1.807, 2.05) is 24.3 Å². The van der Waals surface area contributed by atoms with E-state index in [9.17, 15) is 4.79 Å². The van der Waals surface area contributed by atoms with E-state index in [1.54, 1.807) is 27.7 Å². The van der Waals surface area contributed by atoms with Gasteiger partial charge in [-0.05, 0) is 44.9 Å². The number of rotatable bonds is 8. The van der Waals surface area contributed by atoms with Gasteiger partial charge in [-0.3, -0.25) is 4.79 Å². The summed E-state index contributed by atoms with van der Waals surface area (Å²) >= 11 is 3.39. The molecule has 0 amide bonds. The van der Waals surface area contributed by atoms with Gasteiger partial charge in [-0.1, -0.05) is 62.1 Å². The number of unbranched alkanes of at least 4 members (excludes halogenated alkanes) is 4. The van der Waals surface area contributed by atoms with E-state index >= 15 is 0 Å². The first-order valence-corrected chi connectivity index (χ1v) is 14.0. The number of nitrogens with zero attached hydrogens (tertiary/aromatic N) is 4. The number of ether oxygens (including phenoxy) is 1. The van der Waals surface area contributed by atoms with Crippen LogP contribution in [0.1, 0.15) is 68.9 Å². The van der Waals surface area contributed by atoms with Crippen molar-refractivity contribution in [2.45, 2.75) is 83.6 Å². The summed E-state index contributed by atoms with van der Waals surface area (Å²) in [5.41, 5.74) is 2.78. The van der Waals surface area contributed by atoms with Crippen LogP contribution >= 0.6 is 23.1 Å². The first kappa shape index (κ1) is 23.6. The molecule has 0 atom stereocenters. The summed E-state index contributed by atoms with van der Waals surface area (Å²) in [4.78, 5) is 16.1. The van der Waals surface area contributed by atoms with Crippen LogP contribution < -0.4 is 5.56 Å². The second kappa shape index (κ2) is 9.47. The van der Waals surface area contributed by atoms with Gasteiger partial charge in [-0.2, -0.15) is 0 Å². The second-order valence-electron chi connectivity index (χ2n) is 9.77. The van der Waals surface area contributed by atoms with Crippen molar-refractivity contribution >= 4 is 39.1 Å². The molecule has 0 saturated heterocycles. The highest BCUT2D eigenvalue weighted by Crippen LogP contribution is 2.39. The molecule has 0 fully saturated rings. The van der Waals surface area contributed by atoms with Gasteiger partial charge in [0.15, 0.2) is 5.16 Å². The minimum Gasteiger partial charge on any atom is -0.370 e. The number of thioether (sulfide) groups is 1. The van der Waals surface area contributed by atoms with E-state index in [0.717, 1.165) is 55.7 Å². The van der Waals surface area contributed by atoms with Crippen molar-refractivity contribution in [3.8, 4) is 5.69 Å². The molecule has 5 rings (SSSR count). The number of hydrogen-bond acceptors (Lipinski definition) is 6. The Hall–Kier alpha value is -2.16. The number of benzene rings is 1. The van der Waals surface area contributed by atoms with Crippen molar-refractivity contribution in [3.05, 3.63) is 50.6 Å². The topological polar surface area (TPSA) is 61.4 Å². The number of fused-ring (bicyclic) bond motifs is 5. The number of aromatic nitrogens is 4. The van der Waals surface area contributed by atoms with Crippen molar-refractivity contribution in [1.82, 2.24) is 19.2 Å². The van der Waals surface area contributed by atoms with Crippen molar-refractivity contribution in [1.29, 1.82) is 0 Å². The van der Waals surface area contributed by atoms with Gasteiger partial charge in [-0.25, -0.2) is 8.97 Å². The monoisotopic (exact) mass is 496 g/mol. The van der Waals surface area contributed by atoms with Crippen molar-refractivity contribution in [2.24, 2.45) is 0 Å². The molecule has 0 N–H and O–H groups in total. The van der Waals surface area contributed by atoms with Crippen LogP contribution in [0.5, 0.6) is 0 Å². The Morgan fingerprint density at radius 2 is 1.88 bits per heavy atom. The molecule has 34 heavy (non-hydrogen) atoms. The molecular formula is C26H32N4O2S2. The van der Waals surface area contributed by atoms with Gasteiger partial charge in [0, 0.05) is 17.1 Å². The Bertz CT molecular complexity index is 1380. The number of hydrogen-bond donors (Lipinski definition) is 0. The Kier molecular flexibility index (Phi) is 6.57. The molecule has 0 unspecified atom stereocenters. The maximum absolute atomic E-state index is 14.0. The standard InChI is InChI=1S/C26H32N4O2S2/c1-5-6-7-8-9-14-33-25-28-27-24-29(18-12-10-17(2)11-13-18)22(31)21-19-15-26(3,4)32-16-20(19)34-23(21)30(24)25/h10-13H,5-9,14-16H2,1-4H3. The first-order chi connectivity index (χ1) is 16.4. The normalized spacial score (nSPS) is 15.3. The molecule has 1 aromatic carbocycles. The third kappa shape index (κ3) is 4.32. The first-order valence-electron chi connectivity index (χ1n) is 12.2. The maximum Gasteiger partial charge on any atom is 0.268 e. The summed E-state index contributed by atoms with van der Waals surface area (Å²) in [5.74, 6) is 1.57. The summed E-state index contributed by atoms with van der Waals surface area (Å²) in [7, 11) is 0. The van der Waals surface area contributed by atoms with Gasteiger partial charge >= 0.3 is 0 Å². The van der Waals surface area contributed by atoms with E-state index in [4.69, 9.17) is 4.74 Å². The van der Waals surface area contributed by atoms with Crippen molar-refractivity contribution in [2.75, 3.05) is 5.75 Å². The van der Waals surface area contributed by atoms with Crippen LogP contribution in [0.25, 0.3) is 21.7 Å². The van der Waals surface area contributed by atoms with Gasteiger partial charge in [0.25, 0.3) is 5.56 Å². The molecule has 4 aromatic rings. The molecule has 0 spiro atoms. The van der Waals surface area contributed by atoms with Gasteiger partial charge in [-0.15, -0.1) is 21.5 Å². The van der Waals surface area contributed by atoms with E-state index in [0.29, 0.717) is 12.4 Å². The lowest BCUT2D eigenvalue weighted by molar-refractivity contribution is -0.0379. The Balaban J connectivity index is 1.66. The average Bonchev–Trinajstić information content (AvgIpc) is 3.38. The zero-order valence-electron chi connectivity index (χ0n) is 20.4. The Morgan fingerprint density at radius 3 is 2.65 bits per heavy atom. The molecule has 4 heterocycles. The van der Waals surface area contributed by atoms with E-state index in [-0.39, 0.29) is 11.2 Å².